The van der Waals surface area contributed by atoms with Crippen molar-refractivity contribution in [3.05, 3.63) is 11.6 Å². The van der Waals surface area contributed by atoms with E-state index < -0.39 is 50.4 Å². The van der Waals surface area contributed by atoms with Gasteiger partial charge in [-0.3, -0.25) is 20.0 Å². The Balaban J connectivity index is 2.28. The molecule has 0 fully saturated rings. The molecule has 16 heteroatoms. The van der Waals surface area contributed by atoms with Crippen molar-refractivity contribution in [3.8, 4) is 0 Å². The van der Waals surface area contributed by atoms with E-state index in [2.05, 4.69) is 10.2 Å². The lowest BCUT2D eigenvalue weighted by Gasteiger charge is -2.32. The molecule has 0 aliphatic carbocycles. The summed E-state index contributed by atoms with van der Waals surface area (Å²) >= 11 is 0.569. The summed E-state index contributed by atoms with van der Waals surface area (Å²) in [6, 6.07) is 0.850. The first kappa shape index (κ1) is 26.0. The van der Waals surface area contributed by atoms with Crippen LogP contribution in [0.15, 0.2) is 14.5 Å². The van der Waals surface area contributed by atoms with Crippen LogP contribution >= 0.6 is 11.3 Å². The van der Waals surface area contributed by atoms with Gasteiger partial charge < -0.3 is 10.1 Å². The Hall–Kier alpha value is -1.21. The molecule has 2 heterocycles. The van der Waals surface area contributed by atoms with Crippen LogP contribution in [0.5, 0.6) is 0 Å². The normalized spacial score (nSPS) is 18.8. The predicted octanol–water partition coefficient (Wildman–Crippen LogP) is -0.353. The highest BCUT2D eigenvalue weighted by molar-refractivity contribution is 7.94. The second kappa shape index (κ2) is 11.1. The molecule has 1 atom stereocenters. The first-order valence-electron chi connectivity index (χ1n) is 9.25. The molecule has 13 nitrogen and oxygen atoms in total. The van der Waals surface area contributed by atoms with Gasteiger partial charge in [0.25, 0.3) is 20.0 Å². The summed E-state index contributed by atoms with van der Waals surface area (Å²) < 4.78 is 59.0. The molecule has 1 aliphatic heterocycles. The minimum Gasteiger partial charge on any atom is -0.385 e. The number of ether oxygens (including phenoxy) is 1. The third-order valence-electron chi connectivity index (χ3n) is 4.29. The number of thiophene rings is 1. The maximum atomic E-state index is 13.0. The van der Waals surface area contributed by atoms with E-state index in [0.29, 0.717) is 36.5 Å². The standard InChI is InChI=1S/C15H26N4O9S3/c1-3-16-12-10-18(6-4-7-27-2)31(25,26)15-11(12)9-14(29-15)30(23,24)17-13(20)5-8-28-19(21)22/h9,12,16,21-22H,3-8,10H2,1-2H3,(H,17,20)/t12-/m0/s1. The smallest absolute Gasteiger partial charge is 0.273 e. The van der Waals surface area contributed by atoms with Crippen LogP contribution in [-0.2, 0) is 34.4 Å². The number of sulfonamides is 2. The third-order valence-corrected chi connectivity index (χ3v) is 9.68. The molecule has 0 bridgehead atoms. The zero-order valence-corrected chi connectivity index (χ0v) is 19.4. The quantitative estimate of drug-likeness (QED) is 0.217. The van der Waals surface area contributed by atoms with Gasteiger partial charge in [-0.25, -0.2) is 21.6 Å². The highest BCUT2D eigenvalue weighted by Gasteiger charge is 2.40. The Bertz CT molecular complexity index is 962. The van der Waals surface area contributed by atoms with Crippen LogP contribution in [0.1, 0.15) is 31.4 Å². The highest BCUT2D eigenvalue weighted by atomic mass is 32.3. The number of rotatable bonds is 12. The van der Waals surface area contributed by atoms with Crippen LogP contribution in [0.25, 0.3) is 0 Å². The molecular weight excluding hydrogens is 476 g/mol. The lowest BCUT2D eigenvalue weighted by atomic mass is 10.1. The van der Waals surface area contributed by atoms with Gasteiger partial charge in [-0.2, -0.15) is 4.31 Å². The average molecular weight is 503 g/mol. The van der Waals surface area contributed by atoms with Gasteiger partial charge in [-0.1, -0.05) is 6.92 Å². The van der Waals surface area contributed by atoms with E-state index in [9.17, 15) is 21.6 Å². The molecule has 0 saturated heterocycles. The van der Waals surface area contributed by atoms with Crippen molar-refractivity contribution in [2.75, 3.05) is 40.0 Å². The van der Waals surface area contributed by atoms with E-state index in [1.807, 2.05) is 11.6 Å². The number of hydrogen-bond donors (Lipinski definition) is 4. The van der Waals surface area contributed by atoms with Crippen LogP contribution in [-0.4, -0.2) is 82.8 Å². The minimum atomic E-state index is -4.34. The first-order valence-corrected chi connectivity index (χ1v) is 13.0. The fraction of sp³-hybridized carbons (Fsp3) is 0.667. The van der Waals surface area contributed by atoms with Gasteiger partial charge in [0, 0.05) is 38.4 Å². The van der Waals surface area contributed by atoms with E-state index in [1.165, 1.54) is 17.5 Å². The lowest BCUT2D eigenvalue weighted by Crippen LogP contribution is -2.43. The number of nitrogens with zero attached hydrogens (tertiary/aromatic N) is 2. The molecular formula is C15H26N4O9S3. The van der Waals surface area contributed by atoms with Gasteiger partial charge in [-0.15, -0.1) is 11.3 Å². The summed E-state index contributed by atoms with van der Waals surface area (Å²) in [7, 11) is -6.73. The van der Waals surface area contributed by atoms with Crippen LogP contribution in [0, 0.1) is 0 Å². The molecule has 0 radical (unpaired) electrons. The number of amides is 1. The number of fused-ring (bicyclic) bond motifs is 1. The van der Waals surface area contributed by atoms with Crippen LogP contribution in [0.4, 0.5) is 0 Å². The topological polar surface area (TPSA) is 175 Å². The first-order chi connectivity index (χ1) is 14.5. The predicted molar refractivity (Wildman–Crippen MR) is 107 cm³/mol. The molecule has 1 amide bonds. The molecule has 0 aromatic carbocycles. The summed E-state index contributed by atoms with van der Waals surface area (Å²) in [5, 5.41) is 19.4. The van der Waals surface area contributed by atoms with Crippen molar-refractivity contribution in [2.24, 2.45) is 0 Å². The Morgan fingerprint density at radius 3 is 2.71 bits per heavy atom. The number of hydrogen-bond acceptors (Lipinski definition) is 12. The number of carbonyl (C=O) groups excluding carboxylic acids is 1. The molecule has 178 valence electrons. The summed E-state index contributed by atoms with van der Waals surface area (Å²) in [6.45, 7) is 2.66. The van der Waals surface area contributed by atoms with Crippen LogP contribution < -0.4 is 10.0 Å². The number of nitrogens with one attached hydrogen (secondary N) is 2. The van der Waals surface area contributed by atoms with Crippen molar-refractivity contribution < 1.29 is 41.6 Å². The third kappa shape index (κ3) is 6.64. The Labute approximate surface area is 184 Å². The van der Waals surface area contributed by atoms with E-state index in [1.54, 1.807) is 0 Å². The maximum Gasteiger partial charge on any atom is 0.273 e. The van der Waals surface area contributed by atoms with E-state index in [-0.39, 0.29) is 21.5 Å². The summed E-state index contributed by atoms with van der Waals surface area (Å²) in [4.78, 5) is 16.1. The van der Waals surface area contributed by atoms with E-state index in [0.717, 1.165) is 0 Å². The van der Waals surface area contributed by atoms with Crippen molar-refractivity contribution in [2.45, 2.75) is 34.2 Å². The van der Waals surface area contributed by atoms with Crippen molar-refractivity contribution >= 4 is 37.3 Å². The molecule has 0 unspecified atom stereocenters. The zero-order valence-electron chi connectivity index (χ0n) is 17.0. The summed E-state index contributed by atoms with van der Waals surface area (Å²) in [6.07, 6.45) is 0.00517. The SMILES string of the molecule is CCN[C@H]1CN(CCCOC)S(=O)(=O)c2sc(S(=O)(=O)NC(=O)CCON(O)O)cc21. The van der Waals surface area contributed by atoms with Gasteiger partial charge in [0.15, 0.2) is 0 Å². The van der Waals surface area contributed by atoms with E-state index >= 15 is 0 Å². The second-order valence-corrected chi connectivity index (χ2v) is 11.6. The number of methoxy groups -OCH3 is 1. The molecule has 1 aromatic heterocycles. The zero-order chi connectivity index (χ0) is 23.2. The largest absolute Gasteiger partial charge is 0.385 e. The molecule has 0 saturated carbocycles. The van der Waals surface area contributed by atoms with Crippen LogP contribution in [0.2, 0.25) is 0 Å². The molecule has 1 aliphatic rings. The fourth-order valence-electron chi connectivity index (χ4n) is 2.95. The summed E-state index contributed by atoms with van der Waals surface area (Å²) in [5.74, 6) is -0.958. The molecule has 2 rings (SSSR count). The molecule has 1 aromatic rings. The molecule has 31 heavy (non-hydrogen) atoms. The van der Waals surface area contributed by atoms with Crippen molar-refractivity contribution in [3.63, 3.8) is 0 Å². The van der Waals surface area contributed by atoms with Crippen LogP contribution in [0.3, 0.4) is 0 Å². The Morgan fingerprint density at radius 2 is 2.10 bits per heavy atom. The van der Waals surface area contributed by atoms with Gasteiger partial charge in [-0.05, 0) is 19.0 Å². The number of carbonyl (C=O) groups is 1. The fourth-order valence-corrected chi connectivity index (χ4v) is 7.85. The average Bonchev–Trinajstić information content (AvgIpc) is 3.13. The summed E-state index contributed by atoms with van der Waals surface area (Å²) in [5.41, 5.74) is 0.335. The maximum absolute atomic E-state index is 13.0. The second-order valence-electron chi connectivity index (χ2n) is 6.49. The minimum absolute atomic E-state index is 0.0884. The lowest BCUT2D eigenvalue weighted by molar-refractivity contribution is -0.491. The Kier molecular flexibility index (Phi) is 9.31. The van der Waals surface area contributed by atoms with Gasteiger partial charge in [0.2, 0.25) is 5.91 Å². The number of likely N-dealkylation sites (N-methyl/N-ethyl adjacent to an activating group) is 1. The van der Waals surface area contributed by atoms with Gasteiger partial charge in [0.1, 0.15) is 8.42 Å². The molecule has 4 N–H and O–H groups in total. The van der Waals surface area contributed by atoms with Gasteiger partial charge in [0.05, 0.1) is 18.4 Å². The van der Waals surface area contributed by atoms with E-state index in [4.69, 9.17) is 15.2 Å². The molecule has 0 spiro atoms. The highest BCUT2D eigenvalue weighted by Crippen LogP contribution is 2.40. The van der Waals surface area contributed by atoms with Crippen molar-refractivity contribution in [1.82, 2.24) is 19.7 Å². The Morgan fingerprint density at radius 1 is 1.39 bits per heavy atom. The van der Waals surface area contributed by atoms with Gasteiger partial charge >= 0.3 is 0 Å². The van der Waals surface area contributed by atoms with Crippen molar-refractivity contribution in [1.29, 1.82) is 0 Å². The monoisotopic (exact) mass is 502 g/mol.